The Kier molecular flexibility index (Phi) is 9.84. The number of benzene rings is 2. The summed E-state index contributed by atoms with van der Waals surface area (Å²) in [4.78, 5) is 24.7. The Bertz CT molecular complexity index is 1320. The van der Waals surface area contributed by atoms with Crippen LogP contribution in [0.5, 0.6) is 0 Å². The lowest BCUT2D eigenvalue weighted by atomic mass is 9.61. The number of hydrogen-bond donors (Lipinski definition) is 3. The summed E-state index contributed by atoms with van der Waals surface area (Å²) in [6.07, 6.45) is -1.51. The molecule has 0 saturated carbocycles. The first-order valence-corrected chi connectivity index (χ1v) is 13.6. The fourth-order valence-corrected chi connectivity index (χ4v) is 5.58. The van der Waals surface area contributed by atoms with Gasteiger partial charge in [0.05, 0.1) is 23.6 Å². The Balaban J connectivity index is 2.26. The average Bonchev–Trinajstić information content (AvgIpc) is 3.17. The van der Waals surface area contributed by atoms with Crippen LogP contribution in [0.3, 0.4) is 0 Å². The van der Waals surface area contributed by atoms with Gasteiger partial charge in [0.25, 0.3) is 0 Å². The molecule has 0 aliphatic carbocycles. The van der Waals surface area contributed by atoms with E-state index in [0.29, 0.717) is 6.42 Å². The highest BCUT2D eigenvalue weighted by molar-refractivity contribution is 6.31. The maximum atomic E-state index is 15.7. The molecule has 0 unspecified atom stereocenters. The molecule has 1 heterocycles. The third kappa shape index (κ3) is 6.26. The molecule has 1 aliphatic heterocycles. The number of aliphatic hydroxyl groups is 1. The zero-order valence-corrected chi connectivity index (χ0v) is 24.2. The van der Waals surface area contributed by atoms with Gasteiger partial charge in [-0.15, -0.1) is 0 Å². The number of ether oxygens (including phenoxy) is 1. The van der Waals surface area contributed by atoms with Crippen molar-refractivity contribution in [3.05, 3.63) is 69.2 Å². The molecule has 0 aromatic heterocycles. The van der Waals surface area contributed by atoms with Crippen molar-refractivity contribution < 1.29 is 28.2 Å². The molecule has 2 aromatic rings. The standard InChI is InChI=1S/C29H33Cl2F2N3O4/c1-15(2)28(3,4)12-22-29(14-34,19-9-8-16(30)10-21(19)32)24(18-6-5-7-20(31)25(18)33)26(36-22)27(39)40-13-17(37)11-23(35)38/h5-10,15,17,22,24,26,36-37H,11-13H2,1-4H3,(H2,35,38)/t17-,22-,24-,26+,29-/m1/s1. The molecule has 1 amide bonds. The van der Waals surface area contributed by atoms with E-state index in [1.807, 2.05) is 27.7 Å². The number of halogens is 4. The van der Waals surface area contributed by atoms with Gasteiger partial charge < -0.3 is 15.6 Å². The summed E-state index contributed by atoms with van der Waals surface area (Å²) < 4.78 is 36.7. The Morgan fingerprint density at radius 2 is 1.93 bits per heavy atom. The normalized spacial score (nSPS) is 23.6. The number of carbonyl (C=O) groups is 2. The van der Waals surface area contributed by atoms with Crippen LogP contribution in [0.4, 0.5) is 8.78 Å². The van der Waals surface area contributed by atoms with Crippen LogP contribution in [0.15, 0.2) is 36.4 Å². The van der Waals surface area contributed by atoms with Crippen LogP contribution in [0.1, 0.15) is 57.6 Å². The zero-order valence-electron chi connectivity index (χ0n) is 22.7. The molecule has 1 aliphatic rings. The summed E-state index contributed by atoms with van der Waals surface area (Å²) in [5.41, 5.74) is 2.74. The van der Waals surface area contributed by atoms with Crippen molar-refractivity contribution >= 4 is 35.1 Å². The van der Waals surface area contributed by atoms with Crippen molar-refractivity contribution in [2.45, 2.75) is 70.1 Å². The topological polar surface area (TPSA) is 125 Å². The van der Waals surface area contributed by atoms with E-state index in [-0.39, 0.29) is 27.1 Å². The number of esters is 1. The minimum absolute atomic E-state index is 0.0649. The minimum Gasteiger partial charge on any atom is -0.462 e. The molecule has 11 heteroatoms. The Morgan fingerprint density at radius 3 is 2.50 bits per heavy atom. The quantitative estimate of drug-likeness (QED) is 0.331. The van der Waals surface area contributed by atoms with Crippen molar-refractivity contribution in [2.24, 2.45) is 17.1 Å². The molecule has 1 saturated heterocycles. The van der Waals surface area contributed by atoms with Gasteiger partial charge in [0.1, 0.15) is 29.7 Å². The predicted octanol–water partition coefficient (Wildman–Crippen LogP) is 5.01. The number of nitriles is 1. The number of nitrogens with zero attached hydrogens (tertiary/aromatic N) is 1. The molecule has 40 heavy (non-hydrogen) atoms. The Morgan fingerprint density at radius 1 is 1.25 bits per heavy atom. The maximum Gasteiger partial charge on any atom is 0.323 e. The number of hydrogen-bond acceptors (Lipinski definition) is 6. The summed E-state index contributed by atoms with van der Waals surface area (Å²) in [6, 6.07) is 8.12. The van der Waals surface area contributed by atoms with E-state index < -0.39 is 71.5 Å². The summed E-state index contributed by atoms with van der Waals surface area (Å²) >= 11 is 12.2. The van der Waals surface area contributed by atoms with Gasteiger partial charge in [-0.25, -0.2) is 8.78 Å². The SMILES string of the molecule is CC(C)C(C)(C)C[C@H]1N[C@H](C(=O)OC[C@H](O)CC(N)=O)[C@@H](c2cccc(Cl)c2F)[C@]1(C#N)c1ccc(Cl)cc1F. The van der Waals surface area contributed by atoms with E-state index in [4.69, 9.17) is 33.7 Å². The van der Waals surface area contributed by atoms with Crippen LogP contribution in [-0.2, 0) is 19.7 Å². The first-order chi connectivity index (χ1) is 18.6. The van der Waals surface area contributed by atoms with Crippen molar-refractivity contribution in [2.75, 3.05) is 6.61 Å². The second-order valence-corrected chi connectivity index (χ2v) is 12.1. The van der Waals surface area contributed by atoms with Gasteiger partial charge in [0.2, 0.25) is 5.91 Å². The molecule has 5 atom stereocenters. The third-order valence-electron chi connectivity index (χ3n) is 8.03. The van der Waals surface area contributed by atoms with Gasteiger partial charge in [-0.1, -0.05) is 69.1 Å². The van der Waals surface area contributed by atoms with Crippen molar-refractivity contribution in [1.82, 2.24) is 5.32 Å². The van der Waals surface area contributed by atoms with E-state index in [2.05, 4.69) is 11.4 Å². The van der Waals surface area contributed by atoms with Gasteiger partial charge in [0.15, 0.2) is 0 Å². The smallest absolute Gasteiger partial charge is 0.323 e. The van der Waals surface area contributed by atoms with Crippen LogP contribution in [0.25, 0.3) is 0 Å². The number of carbonyl (C=O) groups excluding carboxylic acids is 2. The zero-order chi connectivity index (χ0) is 30.0. The lowest BCUT2D eigenvalue weighted by Gasteiger charge is -2.39. The highest BCUT2D eigenvalue weighted by atomic mass is 35.5. The molecule has 0 radical (unpaired) electrons. The third-order valence-corrected chi connectivity index (χ3v) is 8.56. The van der Waals surface area contributed by atoms with Gasteiger partial charge in [-0.05, 0) is 41.5 Å². The second kappa shape index (κ2) is 12.4. The van der Waals surface area contributed by atoms with E-state index in [0.717, 1.165) is 6.07 Å². The van der Waals surface area contributed by atoms with Gasteiger partial charge in [-0.2, -0.15) is 5.26 Å². The predicted molar refractivity (Wildman–Crippen MR) is 148 cm³/mol. The molecule has 2 aromatic carbocycles. The number of amides is 1. The monoisotopic (exact) mass is 595 g/mol. The molecule has 0 bridgehead atoms. The van der Waals surface area contributed by atoms with Crippen LogP contribution in [0.2, 0.25) is 10.0 Å². The fourth-order valence-electron chi connectivity index (χ4n) is 5.24. The second-order valence-electron chi connectivity index (χ2n) is 11.2. The first kappa shape index (κ1) is 31.8. The van der Waals surface area contributed by atoms with E-state index in [9.17, 15) is 20.0 Å². The maximum absolute atomic E-state index is 15.7. The van der Waals surface area contributed by atoms with Crippen molar-refractivity contribution in [3.8, 4) is 6.07 Å². The molecule has 216 valence electrons. The number of primary amides is 1. The molecular formula is C29H33Cl2F2N3O4. The number of aliphatic hydroxyl groups excluding tert-OH is 1. The molecule has 0 spiro atoms. The van der Waals surface area contributed by atoms with E-state index in [1.54, 1.807) is 0 Å². The summed E-state index contributed by atoms with van der Waals surface area (Å²) in [5, 5.41) is 24.0. The van der Waals surface area contributed by atoms with Gasteiger partial charge in [-0.3, -0.25) is 14.9 Å². The molecule has 3 rings (SSSR count). The van der Waals surface area contributed by atoms with Crippen LogP contribution < -0.4 is 11.1 Å². The lowest BCUT2D eigenvalue weighted by molar-refractivity contribution is -0.150. The molecule has 7 nitrogen and oxygen atoms in total. The largest absolute Gasteiger partial charge is 0.462 e. The lowest BCUT2D eigenvalue weighted by Crippen LogP contribution is -2.46. The first-order valence-electron chi connectivity index (χ1n) is 12.9. The number of nitrogens with two attached hydrogens (primary N) is 1. The van der Waals surface area contributed by atoms with Gasteiger partial charge >= 0.3 is 5.97 Å². The average molecular weight is 597 g/mol. The fraction of sp³-hybridized carbons (Fsp3) is 0.483. The Labute approximate surface area is 242 Å². The molecule has 1 fully saturated rings. The minimum atomic E-state index is -1.82. The molecule has 4 N–H and O–H groups in total. The van der Waals surface area contributed by atoms with E-state index >= 15 is 8.78 Å². The highest BCUT2D eigenvalue weighted by Crippen LogP contribution is 2.53. The number of rotatable bonds is 10. The Hall–Kier alpha value is -2.77. The summed E-state index contributed by atoms with van der Waals surface area (Å²) in [6.45, 7) is 7.42. The highest BCUT2D eigenvalue weighted by Gasteiger charge is 2.62. The summed E-state index contributed by atoms with van der Waals surface area (Å²) in [7, 11) is 0. The molecular weight excluding hydrogens is 563 g/mol. The van der Waals surface area contributed by atoms with Crippen LogP contribution >= 0.6 is 23.2 Å². The van der Waals surface area contributed by atoms with Crippen molar-refractivity contribution in [3.63, 3.8) is 0 Å². The van der Waals surface area contributed by atoms with Gasteiger partial charge in [0, 0.05) is 22.5 Å². The summed E-state index contributed by atoms with van der Waals surface area (Å²) in [5.74, 6) is -4.55. The van der Waals surface area contributed by atoms with Crippen LogP contribution in [0, 0.1) is 34.3 Å². The van der Waals surface area contributed by atoms with Crippen molar-refractivity contribution in [1.29, 1.82) is 5.26 Å². The van der Waals surface area contributed by atoms with Crippen LogP contribution in [-0.4, -0.2) is 41.8 Å². The van der Waals surface area contributed by atoms with E-state index in [1.165, 1.54) is 30.3 Å². The number of nitrogens with one attached hydrogen (secondary N) is 1.